The number of nitrogens with zero attached hydrogens (tertiary/aromatic N) is 1. The fourth-order valence-corrected chi connectivity index (χ4v) is 3.56. The summed E-state index contributed by atoms with van der Waals surface area (Å²) in [5.41, 5.74) is 0. The first-order chi connectivity index (χ1) is 7.42. The van der Waals surface area contributed by atoms with Gasteiger partial charge in [-0.2, -0.15) is 29.2 Å². The molecular formula is C9H22N2O3S2. The molecule has 98 valence electrons. The molecular weight excluding hydrogens is 248 g/mol. The maximum absolute atomic E-state index is 11.9. The van der Waals surface area contributed by atoms with Crippen molar-refractivity contribution in [2.45, 2.75) is 32.1 Å². The third-order valence-corrected chi connectivity index (χ3v) is 5.45. The predicted molar refractivity (Wildman–Crippen MR) is 68.8 cm³/mol. The van der Waals surface area contributed by atoms with Crippen LogP contribution in [-0.4, -0.2) is 55.1 Å². The van der Waals surface area contributed by atoms with Crippen LogP contribution in [0.15, 0.2) is 0 Å². The molecule has 0 amide bonds. The molecule has 2 N–H and O–H groups in total. The van der Waals surface area contributed by atoms with Gasteiger partial charge in [-0.05, 0) is 13.2 Å². The van der Waals surface area contributed by atoms with Crippen LogP contribution in [0.4, 0.5) is 0 Å². The maximum atomic E-state index is 11.9. The number of aliphatic hydroxyl groups is 1. The van der Waals surface area contributed by atoms with Crippen molar-refractivity contribution in [3.05, 3.63) is 0 Å². The Hall–Kier alpha value is 0.180. The Bertz CT molecular complexity index is 274. The molecule has 0 aliphatic rings. The Morgan fingerprint density at radius 2 is 1.88 bits per heavy atom. The Kier molecular flexibility index (Phi) is 7.58. The fraction of sp³-hybridized carbons (Fsp3) is 1.00. The van der Waals surface area contributed by atoms with Gasteiger partial charge in [0.1, 0.15) is 0 Å². The van der Waals surface area contributed by atoms with Crippen LogP contribution in [0.25, 0.3) is 0 Å². The van der Waals surface area contributed by atoms with Crippen molar-refractivity contribution in [3.63, 3.8) is 0 Å². The molecule has 0 saturated carbocycles. The first kappa shape index (κ1) is 16.2. The monoisotopic (exact) mass is 270 g/mol. The summed E-state index contributed by atoms with van der Waals surface area (Å²) >= 11 is 1.45. The molecule has 7 heteroatoms. The molecule has 0 bridgehead atoms. The summed E-state index contributed by atoms with van der Waals surface area (Å²) in [5, 5.41) is 8.96. The van der Waals surface area contributed by atoms with E-state index in [1.807, 2.05) is 6.26 Å². The zero-order valence-electron chi connectivity index (χ0n) is 10.3. The van der Waals surface area contributed by atoms with E-state index in [0.717, 1.165) is 0 Å². The largest absolute Gasteiger partial charge is 0.395 e. The molecule has 5 nitrogen and oxygen atoms in total. The van der Waals surface area contributed by atoms with Crippen LogP contribution in [0.5, 0.6) is 0 Å². The highest BCUT2D eigenvalue weighted by molar-refractivity contribution is 7.99. The molecule has 0 aliphatic carbocycles. The predicted octanol–water partition coefficient (Wildman–Crippen LogP) is 0.275. The number of nitrogens with one attached hydrogen (secondary N) is 1. The highest BCUT2D eigenvalue weighted by Gasteiger charge is 2.24. The first-order valence-electron chi connectivity index (χ1n) is 5.33. The van der Waals surface area contributed by atoms with Gasteiger partial charge in [-0.1, -0.05) is 13.8 Å². The molecule has 0 aromatic heterocycles. The van der Waals surface area contributed by atoms with Gasteiger partial charge in [-0.25, -0.2) is 0 Å². The summed E-state index contributed by atoms with van der Waals surface area (Å²) in [5.74, 6) is 0. The minimum Gasteiger partial charge on any atom is -0.395 e. The second kappa shape index (κ2) is 7.50. The van der Waals surface area contributed by atoms with Crippen LogP contribution in [0, 0.1) is 0 Å². The van der Waals surface area contributed by atoms with Crippen LogP contribution in [-0.2, 0) is 10.2 Å². The van der Waals surface area contributed by atoms with Gasteiger partial charge in [0.05, 0.1) is 6.61 Å². The number of rotatable bonds is 8. The standard InChI is InChI=1S/C9H22N2O3S2/c1-5-11(6-2)16(13,14)10-8(3)9(7-12)15-4/h8-10,12H,5-7H2,1-4H3. The molecule has 0 fully saturated rings. The van der Waals surface area contributed by atoms with Crippen LogP contribution in [0.1, 0.15) is 20.8 Å². The van der Waals surface area contributed by atoms with Crippen molar-refractivity contribution >= 4 is 22.0 Å². The second-order valence-electron chi connectivity index (χ2n) is 3.45. The van der Waals surface area contributed by atoms with Crippen molar-refractivity contribution in [2.75, 3.05) is 26.0 Å². The van der Waals surface area contributed by atoms with Gasteiger partial charge in [-0.15, -0.1) is 0 Å². The number of thioether (sulfide) groups is 1. The molecule has 0 radical (unpaired) electrons. The summed E-state index contributed by atoms with van der Waals surface area (Å²) in [7, 11) is -3.43. The first-order valence-corrected chi connectivity index (χ1v) is 8.06. The molecule has 0 aliphatic heterocycles. The minimum absolute atomic E-state index is 0.0386. The average molecular weight is 270 g/mol. The average Bonchev–Trinajstić information content (AvgIpc) is 2.19. The molecule has 0 rings (SSSR count). The summed E-state index contributed by atoms with van der Waals surface area (Å²) in [6, 6.07) is -0.286. The van der Waals surface area contributed by atoms with E-state index in [4.69, 9.17) is 5.11 Å². The van der Waals surface area contributed by atoms with E-state index in [2.05, 4.69) is 4.72 Å². The van der Waals surface area contributed by atoms with E-state index in [1.165, 1.54) is 16.1 Å². The van der Waals surface area contributed by atoms with Crippen molar-refractivity contribution in [2.24, 2.45) is 0 Å². The summed E-state index contributed by atoms with van der Waals surface area (Å²) in [6.07, 6.45) is 1.85. The lowest BCUT2D eigenvalue weighted by Crippen LogP contribution is -2.48. The normalized spacial score (nSPS) is 16.4. The molecule has 0 saturated heterocycles. The Labute approximate surface area is 103 Å². The Morgan fingerprint density at radius 1 is 1.38 bits per heavy atom. The SMILES string of the molecule is CCN(CC)S(=O)(=O)NC(C)C(CO)SC. The van der Waals surface area contributed by atoms with E-state index < -0.39 is 10.2 Å². The third-order valence-electron chi connectivity index (χ3n) is 2.42. The maximum Gasteiger partial charge on any atom is 0.279 e. The van der Waals surface area contributed by atoms with Crippen molar-refractivity contribution in [3.8, 4) is 0 Å². The van der Waals surface area contributed by atoms with E-state index in [1.54, 1.807) is 20.8 Å². The highest BCUT2D eigenvalue weighted by atomic mass is 32.2. The molecule has 16 heavy (non-hydrogen) atoms. The zero-order valence-corrected chi connectivity index (χ0v) is 11.9. The quantitative estimate of drug-likeness (QED) is 0.664. The molecule has 0 heterocycles. The van der Waals surface area contributed by atoms with E-state index in [0.29, 0.717) is 13.1 Å². The Morgan fingerprint density at radius 3 is 2.19 bits per heavy atom. The second-order valence-corrected chi connectivity index (χ2v) is 6.23. The van der Waals surface area contributed by atoms with Gasteiger partial charge >= 0.3 is 0 Å². The molecule has 0 aromatic carbocycles. The van der Waals surface area contributed by atoms with Gasteiger partial charge in [0.2, 0.25) is 0 Å². The van der Waals surface area contributed by atoms with Gasteiger partial charge in [0.15, 0.2) is 0 Å². The lowest BCUT2D eigenvalue weighted by molar-refractivity contribution is 0.281. The lowest BCUT2D eigenvalue weighted by Gasteiger charge is -2.25. The van der Waals surface area contributed by atoms with Crippen LogP contribution in [0.2, 0.25) is 0 Å². The number of aliphatic hydroxyl groups excluding tert-OH is 1. The van der Waals surface area contributed by atoms with Gasteiger partial charge in [-0.3, -0.25) is 0 Å². The van der Waals surface area contributed by atoms with E-state index in [9.17, 15) is 8.42 Å². The van der Waals surface area contributed by atoms with Gasteiger partial charge in [0.25, 0.3) is 10.2 Å². The highest BCUT2D eigenvalue weighted by Crippen LogP contribution is 2.12. The van der Waals surface area contributed by atoms with Crippen LogP contribution in [0.3, 0.4) is 0 Å². The minimum atomic E-state index is -3.43. The van der Waals surface area contributed by atoms with Crippen LogP contribution >= 0.6 is 11.8 Å². The number of hydrogen-bond acceptors (Lipinski definition) is 4. The summed E-state index contributed by atoms with van der Waals surface area (Å²) in [4.78, 5) is 0. The van der Waals surface area contributed by atoms with Gasteiger partial charge < -0.3 is 5.11 Å². The van der Waals surface area contributed by atoms with Crippen molar-refractivity contribution < 1.29 is 13.5 Å². The number of hydrogen-bond donors (Lipinski definition) is 2. The molecule has 0 aromatic rings. The topological polar surface area (TPSA) is 69.6 Å². The van der Waals surface area contributed by atoms with Crippen LogP contribution < -0.4 is 4.72 Å². The molecule has 2 atom stereocenters. The fourth-order valence-electron chi connectivity index (χ4n) is 1.39. The van der Waals surface area contributed by atoms with E-state index >= 15 is 0 Å². The van der Waals surface area contributed by atoms with Crippen molar-refractivity contribution in [1.29, 1.82) is 0 Å². The molecule has 0 spiro atoms. The van der Waals surface area contributed by atoms with Gasteiger partial charge in [0, 0.05) is 24.4 Å². The summed E-state index contributed by atoms with van der Waals surface area (Å²) in [6.45, 7) is 6.21. The smallest absolute Gasteiger partial charge is 0.279 e. The lowest BCUT2D eigenvalue weighted by atomic mass is 10.3. The Balaban J connectivity index is 4.57. The van der Waals surface area contributed by atoms with Crippen molar-refractivity contribution in [1.82, 2.24) is 9.03 Å². The molecule has 2 unspecified atom stereocenters. The zero-order chi connectivity index (χ0) is 12.8. The van der Waals surface area contributed by atoms with E-state index in [-0.39, 0.29) is 17.9 Å². The summed E-state index contributed by atoms with van der Waals surface area (Å²) < 4.78 is 27.7. The third kappa shape index (κ3) is 4.58.